The van der Waals surface area contributed by atoms with Crippen LogP contribution >= 0.6 is 11.6 Å². The number of rotatable bonds is 2. The van der Waals surface area contributed by atoms with E-state index < -0.39 is 28.5 Å². The summed E-state index contributed by atoms with van der Waals surface area (Å²) < 4.78 is 37.2. The van der Waals surface area contributed by atoms with Gasteiger partial charge in [0.2, 0.25) is 0 Å². The van der Waals surface area contributed by atoms with Crippen molar-refractivity contribution in [1.29, 1.82) is 0 Å². The van der Waals surface area contributed by atoms with Crippen LogP contribution in [0.5, 0.6) is 0 Å². The maximum atomic E-state index is 12.4. The van der Waals surface area contributed by atoms with Crippen molar-refractivity contribution in [2.24, 2.45) is 10.9 Å². The fourth-order valence-electron chi connectivity index (χ4n) is 1.04. The molecule has 1 rings (SSSR count). The van der Waals surface area contributed by atoms with E-state index in [0.717, 1.165) is 6.20 Å². The quantitative estimate of drug-likeness (QED) is 0.158. The van der Waals surface area contributed by atoms with Crippen molar-refractivity contribution >= 4 is 17.4 Å². The summed E-state index contributed by atoms with van der Waals surface area (Å²) in [6, 6.07) is 0.609. The Morgan fingerprint density at radius 3 is 2.39 bits per heavy atom. The maximum absolute atomic E-state index is 12.4. The first-order valence-electron chi connectivity index (χ1n) is 4.26. The molecule has 0 aliphatic heterocycles. The predicted molar refractivity (Wildman–Crippen MR) is 53.9 cm³/mol. The monoisotopic (exact) mass is 285 g/mol. The molecule has 0 bridgehead atoms. The minimum absolute atomic E-state index is 0.256. The van der Waals surface area contributed by atoms with Crippen LogP contribution in [0.3, 0.4) is 0 Å². The lowest BCUT2D eigenvalue weighted by molar-refractivity contribution is -0.358. The predicted octanol–water partition coefficient (Wildman–Crippen LogP) is 0.529. The molecule has 5 N–H and O–H groups in total. The third-order valence-corrected chi connectivity index (χ3v) is 2.31. The van der Waals surface area contributed by atoms with Gasteiger partial charge in [-0.1, -0.05) is 16.8 Å². The second-order valence-corrected chi connectivity index (χ2v) is 3.58. The number of hydrogen-bond acceptors (Lipinski definition) is 5. The van der Waals surface area contributed by atoms with Crippen molar-refractivity contribution in [1.82, 2.24) is 4.98 Å². The van der Waals surface area contributed by atoms with E-state index in [1.807, 2.05) is 0 Å². The van der Waals surface area contributed by atoms with E-state index in [-0.39, 0.29) is 5.56 Å². The highest BCUT2D eigenvalue weighted by molar-refractivity contribution is 6.30. The van der Waals surface area contributed by atoms with Crippen LogP contribution in [0.25, 0.3) is 0 Å². The van der Waals surface area contributed by atoms with Crippen molar-refractivity contribution in [2.45, 2.75) is 12.0 Å². The Labute approximate surface area is 103 Å². The second-order valence-electron chi connectivity index (χ2n) is 3.22. The van der Waals surface area contributed by atoms with Crippen molar-refractivity contribution in [2.75, 3.05) is 0 Å². The normalized spacial score (nSPS) is 13.8. The van der Waals surface area contributed by atoms with Gasteiger partial charge in [-0.05, 0) is 6.07 Å². The molecule has 0 radical (unpaired) electrons. The van der Waals surface area contributed by atoms with Gasteiger partial charge in [-0.25, -0.2) is 4.98 Å². The topological polar surface area (TPSA) is 112 Å². The highest BCUT2D eigenvalue weighted by Crippen LogP contribution is 2.39. The molecule has 0 amide bonds. The van der Waals surface area contributed by atoms with Crippen LogP contribution in [0.15, 0.2) is 17.4 Å². The zero-order chi connectivity index (χ0) is 14.1. The van der Waals surface area contributed by atoms with Gasteiger partial charge in [0.05, 0.1) is 5.56 Å². The molecule has 18 heavy (non-hydrogen) atoms. The van der Waals surface area contributed by atoms with Crippen LogP contribution in [0.1, 0.15) is 11.1 Å². The van der Waals surface area contributed by atoms with Crippen molar-refractivity contribution in [3.8, 4) is 0 Å². The molecule has 1 aromatic rings. The molecule has 0 aliphatic carbocycles. The smallest absolute Gasteiger partial charge is 0.409 e. The lowest BCUT2D eigenvalue weighted by atomic mass is 10.1. The standard InChI is InChI=1S/C8H7ClF3N3O3/c9-5-4(7(16,17)8(10,11)12)1-3(2-14-5)6(13)15-18/h1-2,16-18H,(H2,13,15). The van der Waals surface area contributed by atoms with Crippen LogP contribution < -0.4 is 5.73 Å². The van der Waals surface area contributed by atoms with E-state index in [9.17, 15) is 13.2 Å². The Balaban J connectivity index is 3.41. The number of nitrogens with zero attached hydrogens (tertiary/aromatic N) is 2. The zero-order valence-corrected chi connectivity index (χ0v) is 9.24. The molecule has 100 valence electrons. The summed E-state index contributed by atoms with van der Waals surface area (Å²) in [5, 5.41) is 28.2. The summed E-state index contributed by atoms with van der Waals surface area (Å²) in [5.41, 5.74) is 3.76. The largest absolute Gasteiger partial charge is 0.447 e. The second kappa shape index (κ2) is 4.59. The van der Waals surface area contributed by atoms with Gasteiger partial charge in [0, 0.05) is 11.8 Å². The van der Waals surface area contributed by atoms with Gasteiger partial charge < -0.3 is 21.2 Å². The van der Waals surface area contributed by atoms with Gasteiger partial charge in [0.15, 0.2) is 5.84 Å². The summed E-state index contributed by atoms with van der Waals surface area (Å²) in [7, 11) is 0. The molecule has 10 heteroatoms. The van der Waals surface area contributed by atoms with E-state index >= 15 is 0 Å². The third kappa shape index (κ3) is 2.47. The SMILES string of the molecule is NC(=NO)c1cnc(Cl)c(C(O)(O)C(F)(F)F)c1. The molecule has 6 nitrogen and oxygen atoms in total. The summed E-state index contributed by atoms with van der Waals surface area (Å²) in [5.74, 6) is -4.75. The minimum atomic E-state index is -5.39. The highest BCUT2D eigenvalue weighted by Gasteiger charge is 2.55. The molecule has 0 fully saturated rings. The number of oxime groups is 1. The zero-order valence-electron chi connectivity index (χ0n) is 8.48. The average Bonchev–Trinajstić information content (AvgIpc) is 2.26. The Kier molecular flexibility index (Phi) is 3.70. The Morgan fingerprint density at radius 2 is 1.94 bits per heavy atom. The van der Waals surface area contributed by atoms with Gasteiger partial charge in [-0.3, -0.25) is 0 Å². The lowest BCUT2D eigenvalue weighted by Crippen LogP contribution is -2.42. The molecule has 1 aromatic heterocycles. The molecular formula is C8H7ClF3N3O3. The maximum Gasteiger partial charge on any atom is 0.447 e. The van der Waals surface area contributed by atoms with Gasteiger partial charge in [0.1, 0.15) is 5.15 Å². The van der Waals surface area contributed by atoms with Gasteiger partial charge >= 0.3 is 6.18 Å². The van der Waals surface area contributed by atoms with E-state index in [4.69, 9.17) is 32.8 Å². The Hall–Kier alpha value is -1.58. The number of alkyl halides is 3. The average molecular weight is 286 g/mol. The molecule has 0 spiro atoms. The van der Waals surface area contributed by atoms with Crippen LogP contribution in [0.2, 0.25) is 5.15 Å². The minimum Gasteiger partial charge on any atom is -0.409 e. The van der Waals surface area contributed by atoms with Gasteiger partial charge in [-0.2, -0.15) is 13.2 Å². The van der Waals surface area contributed by atoms with Crippen LogP contribution in [-0.2, 0) is 5.79 Å². The summed E-state index contributed by atoms with van der Waals surface area (Å²) in [6.07, 6.45) is -4.48. The Morgan fingerprint density at radius 1 is 1.39 bits per heavy atom. The van der Waals surface area contributed by atoms with Crippen molar-refractivity contribution in [3.05, 3.63) is 28.5 Å². The molecule has 1 heterocycles. The number of aliphatic hydroxyl groups is 2. The molecule has 0 atom stereocenters. The third-order valence-electron chi connectivity index (χ3n) is 2.01. The number of pyridine rings is 1. The highest BCUT2D eigenvalue weighted by atomic mass is 35.5. The van der Waals surface area contributed by atoms with E-state index in [1.165, 1.54) is 0 Å². The fourth-order valence-corrected chi connectivity index (χ4v) is 1.28. The summed E-state index contributed by atoms with van der Waals surface area (Å²) in [6.45, 7) is 0. The number of halogens is 4. The molecule has 0 aliphatic rings. The number of hydrogen-bond donors (Lipinski definition) is 4. The molecule has 0 unspecified atom stereocenters. The van der Waals surface area contributed by atoms with Crippen molar-refractivity contribution < 1.29 is 28.6 Å². The Bertz CT molecular complexity index is 490. The molecule has 0 aromatic carbocycles. The summed E-state index contributed by atoms with van der Waals surface area (Å²) >= 11 is 5.36. The van der Waals surface area contributed by atoms with Crippen LogP contribution in [0, 0.1) is 0 Å². The first-order chi connectivity index (χ1) is 8.11. The van der Waals surface area contributed by atoms with E-state index in [0.29, 0.717) is 6.07 Å². The van der Waals surface area contributed by atoms with Crippen LogP contribution in [0.4, 0.5) is 13.2 Å². The first-order valence-corrected chi connectivity index (χ1v) is 4.64. The molecular weight excluding hydrogens is 279 g/mol. The van der Waals surface area contributed by atoms with Crippen molar-refractivity contribution in [3.63, 3.8) is 0 Å². The van der Waals surface area contributed by atoms with Crippen LogP contribution in [-0.4, -0.2) is 32.4 Å². The molecule has 0 saturated carbocycles. The number of aromatic nitrogens is 1. The number of amidine groups is 1. The number of nitrogens with two attached hydrogens (primary N) is 1. The first kappa shape index (κ1) is 14.5. The van der Waals surface area contributed by atoms with Gasteiger partial charge in [0.25, 0.3) is 5.79 Å². The lowest BCUT2D eigenvalue weighted by Gasteiger charge is -2.25. The van der Waals surface area contributed by atoms with Gasteiger partial charge in [-0.15, -0.1) is 0 Å². The van der Waals surface area contributed by atoms with E-state index in [1.54, 1.807) is 0 Å². The van der Waals surface area contributed by atoms with E-state index in [2.05, 4.69) is 10.1 Å². The molecule has 0 saturated heterocycles. The summed E-state index contributed by atoms with van der Waals surface area (Å²) in [4.78, 5) is 3.30. The fraction of sp³-hybridized carbons (Fsp3) is 0.250.